The van der Waals surface area contributed by atoms with Crippen LogP contribution in [0.4, 0.5) is 8.78 Å². The molecular weight excluding hydrogens is 164 g/mol. The lowest BCUT2D eigenvalue weighted by Gasteiger charge is -2.29. The minimum absolute atomic E-state index is 0.510. The zero-order valence-corrected chi connectivity index (χ0v) is 6.76. The fourth-order valence-electron chi connectivity index (χ4n) is 1.28. The van der Waals surface area contributed by atoms with Gasteiger partial charge in [-0.05, 0) is 32.0 Å². The molecule has 12 heavy (non-hydrogen) atoms. The van der Waals surface area contributed by atoms with Crippen molar-refractivity contribution in [2.45, 2.75) is 24.9 Å². The van der Waals surface area contributed by atoms with E-state index in [0.717, 1.165) is 6.08 Å². The van der Waals surface area contributed by atoms with E-state index in [4.69, 9.17) is 0 Å². The predicted octanol–water partition coefficient (Wildman–Crippen LogP) is 0.922. The molecule has 4 heteroatoms. The van der Waals surface area contributed by atoms with Crippen molar-refractivity contribution in [2.24, 2.45) is 0 Å². The summed E-state index contributed by atoms with van der Waals surface area (Å²) in [5, 5.41) is 12.7. The SMILES string of the molecule is OC1(/C=C/C(F)F)CCNCC1. The van der Waals surface area contributed by atoms with Gasteiger partial charge >= 0.3 is 0 Å². The third-order valence-electron chi connectivity index (χ3n) is 2.02. The van der Waals surface area contributed by atoms with Gasteiger partial charge in [-0.1, -0.05) is 6.08 Å². The molecule has 0 saturated carbocycles. The Morgan fingerprint density at radius 1 is 1.33 bits per heavy atom. The van der Waals surface area contributed by atoms with Crippen LogP contribution in [0.25, 0.3) is 0 Å². The average Bonchev–Trinajstić information content (AvgIpc) is 2.03. The zero-order chi connectivity index (χ0) is 9.03. The van der Waals surface area contributed by atoms with E-state index >= 15 is 0 Å². The number of aliphatic hydroxyl groups is 1. The molecule has 1 fully saturated rings. The Morgan fingerprint density at radius 3 is 2.42 bits per heavy atom. The molecule has 0 spiro atoms. The lowest BCUT2D eigenvalue weighted by atomic mass is 9.92. The van der Waals surface area contributed by atoms with Crippen molar-refractivity contribution < 1.29 is 13.9 Å². The van der Waals surface area contributed by atoms with Gasteiger partial charge in [-0.3, -0.25) is 0 Å². The second-order valence-electron chi connectivity index (χ2n) is 3.05. The number of rotatable bonds is 2. The van der Waals surface area contributed by atoms with Gasteiger partial charge in [0.15, 0.2) is 0 Å². The first-order chi connectivity index (χ1) is 5.62. The van der Waals surface area contributed by atoms with Crippen molar-refractivity contribution in [1.82, 2.24) is 5.32 Å². The Morgan fingerprint density at radius 2 is 1.92 bits per heavy atom. The van der Waals surface area contributed by atoms with Gasteiger partial charge in [0.1, 0.15) is 0 Å². The van der Waals surface area contributed by atoms with Crippen LogP contribution in [0.15, 0.2) is 12.2 Å². The molecule has 0 bridgehead atoms. The lowest BCUT2D eigenvalue weighted by molar-refractivity contribution is 0.0562. The molecular formula is C8H13F2NO. The third-order valence-corrected chi connectivity index (χ3v) is 2.02. The highest BCUT2D eigenvalue weighted by atomic mass is 19.3. The topological polar surface area (TPSA) is 32.3 Å². The fraction of sp³-hybridized carbons (Fsp3) is 0.750. The second kappa shape index (κ2) is 3.96. The van der Waals surface area contributed by atoms with Gasteiger partial charge in [0.05, 0.1) is 5.60 Å². The molecule has 2 N–H and O–H groups in total. The van der Waals surface area contributed by atoms with Gasteiger partial charge in [0.25, 0.3) is 6.43 Å². The lowest BCUT2D eigenvalue weighted by Crippen LogP contribution is -2.40. The molecule has 0 unspecified atom stereocenters. The summed E-state index contributed by atoms with van der Waals surface area (Å²) >= 11 is 0. The molecule has 0 atom stereocenters. The highest BCUT2D eigenvalue weighted by Gasteiger charge is 2.25. The number of alkyl halides is 2. The van der Waals surface area contributed by atoms with Crippen molar-refractivity contribution >= 4 is 0 Å². The summed E-state index contributed by atoms with van der Waals surface area (Å²) in [5.74, 6) is 0. The minimum Gasteiger partial charge on any atom is -0.386 e. The Hall–Kier alpha value is -0.480. The van der Waals surface area contributed by atoms with E-state index in [2.05, 4.69) is 5.32 Å². The molecule has 0 amide bonds. The van der Waals surface area contributed by atoms with Gasteiger partial charge in [0, 0.05) is 0 Å². The first-order valence-corrected chi connectivity index (χ1v) is 4.03. The smallest absolute Gasteiger partial charge is 0.257 e. The van der Waals surface area contributed by atoms with E-state index in [-0.39, 0.29) is 0 Å². The number of halogens is 2. The number of piperidine rings is 1. The number of hydrogen-bond acceptors (Lipinski definition) is 2. The second-order valence-corrected chi connectivity index (χ2v) is 3.05. The number of nitrogens with one attached hydrogen (secondary N) is 1. The van der Waals surface area contributed by atoms with Crippen molar-refractivity contribution in [1.29, 1.82) is 0 Å². The van der Waals surface area contributed by atoms with E-state index < -0.39 is 12.0 Å². The normalized spacial score (nSPS) is 23.7. The van der Waals surface area contributed by atoms with E-state index in [1.54, 1.807) is 0 Å². The summed E-state index contributed by atoms with van der Waals surface area (Å²) in [4.78, 5) is 0. The molecule has 1 rings (SSSR count). The average molecular weight is 177 g/mol. The Bertz CT molecular complexity index is 164. The van der Waals surface area contributed by atoms with Crippen LogP contribution in [0.5, 0.6) is 0 Å². The molecule has 2 nitrogen and oxygen atoms in total. The van der Waals surface area contributed by atoms with Crippen LogP contribution in [0.2, 0.25) is 0 Å². The van der Waals surface area contributed by atoms with Crippen LogP contribution in [-0.2, 0) is 0 Å². The van der Waals surface area contributed by atoms with Gasteiger partial charge in [-0.15, -0.1) is 0 Å². The fourth-order valence-corrected chi connectivity index (χ4v) is 1.28. The van der Waals surface area contributed by atoms with Gasteiger partial charge in [-0.25, -0.2) is 8.78 Å². The maximum Gasteiger partial charge on any atom is 0.257 e. The van der Waals surface area contributed by atoms with Crippen LogP contribution in [0, 0.1) is 0 Å². The largest absolute Gasteiger partial charge is 0.386 e. The number of allylic oxidation sites excluding steroid dienone is 1. The van der Waals surface area contributed by atoms with E-state index in [1.807, 2.05) is 0 Å². The quantitative estimate of drug-likeness (QED) is 0.615. The number of hydrogen-bond donors (Lipinski definition) is 2. The Labute approximate surface area is 70.3 Å². The first kappa shape index (κ1) is 9.61. The molecule has 0 aromatic heterocycles. The van der Waals surface area contributed by atoms with Gasteiger partial charge in [0.2, 0.25) is 0 Å². The molecule has 1 saturated heterocycles. The maximum absolute atomic E-state index is 11.7. The first-order valence-electron chi connectivity index (χ1n) is 4.03. The van der Waals surface area contributed by atoms with Crippen molar-refractivity contribution in [3.05, 3.63) is 12.2 Å². The van der Waals surface area contributed by atoms with Crippen LogP contribution in [-0.4, -0.2) is 30.2 Å². The summed E-state index contributed by atoms with van der Waals surface area (Å²) in [5.41, 5.74) is -1.01. The highest BCUT2D eigenvalue weighted by molar-refractivity contribution is 5.04. The summed E-state index contributed by atoms with van der Waals surface area (Å²) < 4.78 is 23.5. The maximum atomic E-state index is 11.7. The molecule has 0 aliphatic carbocycles. The van der Waals surface area contributed by atoms with Crippen LogP contribution >= 0.6 is 0 Å². The Kier molecular flexibility index (Phi) is 3.17. The summed E-state index contributed by atoms with van der Waals surface area (Å²) in [6.45, 7) is 1.37. The standard InChI is InChI=1S/C8H13F2NO/c9-7(10)1-2-8(12)3-5-11-6-4-8/h1-2,7,11-12H,3-6H2/b2-1+. The van der Waals surface area contributed by atoms with Crippen LogP contribution in [0.1, 0.15) is 12.8 Å². The zero-order valence-electron chi connectivity index (χ0n) is 6.76. The van der Waals surface area contributed by atoms with Crippen molar-refractivity contribution in [3.8, 4) is 0 Å². The van der Waals surface area contributed by atoms with Gasteiger partial charge < -0.3 is 10.4 Å². The predicted molar refractivity (Wildman–Crippen MR) is 42.2 cm³/mol. The third kappa shape index (κ3) is 2.87. The molecule has 1 heterocycles. The minimum atomic E-state index is -2.47. The van der Waals surface area contributed by atoms with Crippen LogP contribution in [0.3, 0.4) is 0 Å². The van der Waals surface area contributed by atoms with E-state index in [9.17, 15) is 13.9 Å². The molecule has 1 aliphatic heterocycles. The van der Waals surface area contributed by atoms with Crippen molar-refractivity contribution in [3.63, 3.8) is 0 Å². The van der Waals surface area contributed by atoms with Crippen LogP contribution < -0.4 is 5.32 Å². The molecule has 1 aliphatic rings. The molecule has 70 valence electrons. The molecule has 0 aromatic rings. The summed E-state index contributed by atoms with van der Waals surface area (Å²) in [6, 6.07) is 0. The summed E-state index contributed by atoms with van der Waals surface area (Å²) in [7, 11) is 0. The highest BCUT2D eigenvalue weighted by Crippen LogP contribution is 2.19. The monoisotopic (exact) mass is 177 g/mol. The van der Waals surface area contributed by atoms with Crippen molar-refractivity contribution in [2.75, 3.05) is 13.1 Å². The van der Waals surface area contributed by atoms with E-state index in [0.29, 0.717) is 25.9 Å². The Balaban J connectivity index is 2.46. The summed E-state index contributed by atoms with van der Waals surface area (Å²) in [6.07, 6.45) is 0.528. The molecule has 0 radical (unpaired) electrons. The van der Waals surface area contributed by atoms with Gasteiger partial charge in [-0.2, -0.15) is 0 Å². The van der Waals surface area contributed by atoms with E-state index in [1.165, 1.54) is 6.08 Å². The molecule has 0 aromatic carbocycles.